The third-order valence-corrected chi connectivity index (χ3v) is 2.68. The molecular formula is C13H18O2. The predicted octanol–water partition coefficient (Wildman–Crippen LogP) is 3.32. The number of Topliss-reactive ketones (excluding diaryl/α,β-unsaturated/α-hetero) is 1. The van der Waals surface area contributed by atoms with Gasteiger partial charge in [-0.25, -0.2) is 0 Å². The summed E-state index contributed by atoms with van der Waals surface area (Å²) < 4.78 is 0. The van der Waals surface area contributed by atoms with Crippen LogP contribution in [0.4, 0.5) is 0 Å². The van der Waals surface area contributed by atoms with Gasteiger partial charge in [-0.1, -0.05) is 31.9 Å². The first-order valence-electron chi connectivity index (χ1n) is 5.37. The molecule has 2 heteroatoms. The number of phenolic OH excluding ortho intramolecular Hbond substituents is 1. The largest absolute Gasteiger partial charge is 0.507 e. The van der Waals surface area contributed by atoms with E-state index in [-0.39, 0.29) is 11.5 Å². The van der Waals surface area contributed by atoms with E-state index in [9.17, 15) is 9.90 Å². The number of aromatic hydroxyl groups is 1. The summed E-state index contributed by atoms with van der Waals surface area (Å²) in [6.07, 6.45) is 1.49. The molecule has 1 atom stereocenters. The van der Waals surface area contributed by atoms with E-state index in [1.807, 2.05) is 13.8 Å². The van der Waals surface area contributed by atoms with E-state index in [1.54, 1.807) is 18.2 Å². The average molecular weight is 206 g/mol. The number of benzene rings is 1. The first-order valence-corrected chi connectivity index (χ1v) is 5.37. The van der Waals surface area contributed by atoms with Crippen LogP contribution >= 0.6 is 0 Å². The van der Waals surface area contributed by atoms with E-state index < -0.39 is 0 Å². The second-order valence-electron chi connectivity index (χ2n) is 4.16. The normalized spacial score (nSPS) is 12.5. The molecule has 1 unspecified atom stereocenters. The van der Waals surface area contributed by atoms with Gasteiger partial charge in [-0.3, -0.25) is 4.79 Å². The Morgan fingerprint density at radius 2 is 2.13 bits per heavy atom. The Hall–Kier alpha value is -1.31. The lowest BCUT2D eigenvalue weighted by Crippen LogP contribution is -2.05. The summed E-state index contributed by atoms with van der Waals surface area (Å²) in [6, 6.07) is 5.13. The van der Waals surface area contributed by atoms with Gasteiger partial charge < -0.3 is 5.11 Å². The quantitative estimate of drug-likeness (QED) is 0.767. The van der Waals surface area contributed by atoms with Crippen molar-refractivity contribution in [3.63, 3.8) is 0 Å². The molecule has 0 amide bonds. The Morgan fingerprint density at radius 3 is 2.73 bits per heavy atom. The van der Waals surface area contributed by atoms with Gasteiger partial charge in [0.1, 0.15) is 5.75 Å². The van der Waals surface area contributed by atoms with Crippen molar-refractivity contribution in [1.29, 1.82) is 0 Å². The van der Waals surface area contributed by atoms with Crippen LogP contribution in [0.3, 0.4) is 0 Å². The van der Waals surface area contributed by atoms with Crippen molar-refractivity contribution < 1.29 is 9.90 Å². The Morgan fingerprint density at radius 1 is 1.47 bits per heavy atom. The van der Waals surface area contributed by atoms with Gasteiger partial charge in [0.2, 0.25) is 0 Å². The molecule has 0 aromatic heterocycles. The van der Waals surface area contributed by atoms with Crippen molar-refractivity contribution in [2.75, 3.05) is 0 Å². The minimum Gasteiger partial charge on any atom is -0.507 e. The standard InChI is InChI=1S/C13H18O2/c1-4-9(2)8-13(15)11-7-10(3)5-6-12(11)14/h5-7,9,14H,4,8H2,1-3H3. The Labute approximate surface area is 90.9 Å². The zero-order valence-electron chi connectivity index (χ0n) is 9.58. The van der Waals surface area contributed by atoms with E-state index in [0.29, 0.717) is 17.9 Å². The molecule has 0 radical (unpaired) electrons. The summed E-state index contributed by atoms with van der Waals surface area (Å²) in [5, 5.41) is 9.57. The van der Waals surface area contributed by atoms with Gasteiger partial charge in [0.05, 0.1) is 5.56 Å². The molecule has 0 aliphatic rings. The number of carbonyl (C=O) groups excluding carboxylic acids is 1. The van der Waals surface area contributed by atoms with Crippen molar-refractivity contribution in [2.45, 2.75) is 33.6 Å². The molecule has 0 heterocycles. The molecule has 0 aliphatic carbocycles. The fourth-order valence-electron chi connectivity index (χ4n) is 1.44. The summed E-state index contributed by atoms with van der Waals surface area (Å²) in [7, 11) is 0. The fraction of sp³-hybridized carbons (Fsp3) is 0.462. The fourth-order valence-corrected chi connectivity index (χ4v) is 1.44. The van der Waals surface area contributed by atoms with E-state index in [2.05, 4.69) is 6.92 Å². The van der Waals surface area contributed by atoms with E-state index >= 15 is 0 Å². The van der Waals surface area contributed by atoms with Crippen LogP contribution in [0.15, 0.2) is 18.2 Å². The molecule has 1 rings (SSSR count). The van der Waals surface area contributed by atoms with Crippen LogP contribution in [0.25, 0.3) is 0 Å². The van der Waals surface area contributed by atoms with E-state index in [4.69, 9.17) is 0 Å². The lowest BCUT2D eigenvalue weighted by molar-refractivity contribution is 0.0961. The van der Waals surface area contributed by atoms with Gasteiger partial charge in [-0.15, -0.1) is 0 Å². The predicted molar refractivity (Wildman–Crippen MR) is 61.2 cm³/mol. The van der Waals surface area contributed by atoms with Gasteiger partial charge in [0.25, 0.3) is 0 Å². The second-order valence-corrected chi connectivity index (χ2v) is 4.16. The van der Waals surface area contributed by atoms with Crippen LogP contribution in [0, 0.1) is 12.8 Å². The van der Waals surface area contributed by atoms with Crippen LogP contribution in [0.5, 0.6) is 5.75 Å². The highest BCUT2D eigenvalue weighted by Crippen LogP contribution is 2.22. The van der Waals surface area contributed by atoms with Gasteiger partial charge >= 0.3 is 0 Å². The first-order chi connectivity index (χ1) is 7.04. The van der Waals surface area contributed by atoms with Crippen molar-refractivity contribution >= 4 is 5.78 Å². The number of hydrogen-bond donors (Lipinski definition) is 1. The highest BCUT2D eigenvalue weighted by molar-refractivity contribution is 5.98. The maximum atomic E-state index is 11.8. The number of aryl methyl sites for hydroxylation is 1. The van der Waals surface area contributed by atoms with E-state index in [0.717, 1.165) is 12.0 Å². The molecule has 0 saturated carbocycles. The molecule has 2 nitrogen and oxygen atoms in total. The summed E-state index contributed by atoms with van der Waals surface area (Å²) in [5.41, 5.74) is 1.45. The average Bonchev–Trinajstić information content (AvgIpc) is 2.21. The number of hydrogen-bond acceptors (Lipinski definition) is 2. The van der Waals surface area contributed by atoms with Gasteiger partial charge in [0, 0.05) is 6.42 Å². The molecule has 15 heavy (non-hydrogen) atoms. The van der Waals surface area contributed by atoms with Crippen LogP contribution in [0.1, 0.15) is 42.6 Å². The molecule has 0 bridgehead atoms. The zero-order chi connectivity index (χ0) is 11.4. The Bertz CT molecular complexity index is 356. The zero-order valence-corrected chi connectivity index (χ0v) is 9.58. The van der Waals surface area contributed by atoms with Crippen LogP contribution < -0.4 is 0 Å². The maximum absolute atomic E-state index is 11.8. The summed E-state index contributed by atoms with van der Waals surface area (Å²) in [4.78, 5) is 11.8. The smallest absolute Gasteiger partial charge is 0.166 e. The summed E-state index contributed by atoms with van der Waals surface area (Å²) in [6.45, 7) is 6.03. The molecule has 1 N–H and O–H groups in total. The summed E-state index contributed by atoms with van der Waals surface area (Å²) in [5.74, 6) is 0.497. The molecule has 82 valence electrons. The van der Waals surface area contributed by atoms with Crippen LogP contribution in [-0.4, -0.2) is 10.9 Å². The number of phenols is 1. The third kappa shape index (κ3) is 3.08. The number of carbonyl (C=O) groups is 1. The van der Waals surface area contributed by atoms with Crippen LogP contribution in [-0.2, 0) is 0 Å². The van der Waals surface area contributed by atoms with Gasteiger partial charge in [0.15, 0.2) is 5.78 Å². The van der Waals surface area contributed by atoms with Gasteiger partial charge in [-0.2, -0.15) is 0 Å². The minimum absolute atomic E-state index is 0.0329. The monoisotopic (exact) mass is 206 g/mol. The van der Waals surface area contributed by atoms with Crippen LogP contribution in [0.2, 0.25) is 0 Å². The number of rotatable bonds is 4. The lowest BCUT2D eigenvalue weighted by Gasteiger charge is -2.09. The first kappa shape index (κ1) is 11.8. The van der Waals surface area contributed by atoms with Crippen molar-refractivity contribution in [3.8, 4) is 5.75 Å². The molecule has 0 aliphatic heterocycles. The molecule has 0 spiro atoms. The van der Waals surface area contributed by atoms with Gasteiger partial charge in [-0.05, 0) is 25.0 Å². The SMILES string of the molecule is CCC(C)CC(=O)c1cc(C)ccc1O. The highest BCUT2D eigenvalue weighted by Gasteiger charge is 2.13. The Balaban J connectivity index is 2.86. The third-order valence-electron chi connectivity index (χ3n) is 2.68. The van der Waals surface area contributed by atoms with Crippen molar-refractivity contribution in [2.24, 2.45) is 5.92 Å². The maximum Gasteiger partial charge on any atom is 0.166 e. The summed E-state index contributed by atoms with van der Waals surface area (Å²) >= 11 is 0. The molecular weight excluding hydrogens is 188 g/mol. The highest BCUT2D eigenvalue weighted by atomic mass is 16.3. The Kier molecular flexibility index (Phi) is 3.89. The number of ketones is 1. The second kappa shape index (κ2) is 4.96. The van der Waals surface area contributed by atoms with E-state index in [1.165, 1.54) is 0 Å². The molecule has 0 fully saturated rings. The van der Waals surface area contributed by atoms with Crippen molar-refractivity contribution in [1.82, 2.24) is 0 Å². The molecule has 0 saturated heterocycles. The molecule has 1 aromatic carbocycles. The lowest BCUT2D eigenvalue weighted by atomic mass is 9.96. The molecule has 1 aromatic rings. The minimum atomic E-state index is 0.0329. The van der Waals surface area contributed by atoms with Crippen molar-refractivity contribution in [3.05, 3.63) is 29.3 Å². The topological polar surface area (TPSA) is 37.3 Å².